The summed E-state index contributed by atoms with van der Waals surface area (Å²) < 4.78 is 11.1. The largest absolute Gasteiger partial charge is 0.493 e. The highest BCUT2D eigenvalue weighted by Crippen LogP contribution is 2.36. The minimum absolute atomic E-state index is 0.554. The van der Waals surface area contributed by atoms with E-state index in [0.29, 0.717) is 23.1 Å². The van der Waals surface area contributed by atoms with Gasteiger partial charge in [0.2, 0.25) is 0 Å². The molecule has 0 saturated carbocycles. The zero-order valence-electron chi connectivity index (χ0n) is 12.6. The molecular formula is C16H24ClNO2. The highest BCUT2D eigenvalue weighted by atomic mass is 35.5. The van der Waals surface area contributed by atoms with Crippen LogP contribution < -0.4 is 14.8 Å². The van der Waals surface area contributed by atoms with Gasteiger partial charge in [0.05, 0.1) is 18.7 Å². The van der Waals surface area contributed by atoms with Crippen LogP contribution in [0, 0.1) is 0 Å². The Labute approximate surface area is 126 Å². The monoisotopic (exact) mass is 297 g/mol. The summed E-state index contributed by atoms with van der Waals surface area (Å²) in [6, 6.07) is 3.88. The van der Waals surface area contributed by atoms with Crippen molar-refractivity contribution in [2.24, 2.45) is 0 Å². The maximum Gasteiger partial charge on any atom is 0.179 e. The average Bonchev–Trinajstić information content (AvgIpc) is 2.40. The molecule has 1 aromatic rings. The first-order valence-corrected chi connectivity index (χ1v) is 7.30. The second kappa shape index (κ2) is 8.88. The van der Waals surface area contributed by atoms with Crippen LogP contribution in [0.2, 0.25) is 5.02 Å². The van der Waals surface area contributed by atoms with Crippen molar-refractivity contribution in [1.82, 2.24) is 5.32 Å². The lowest BCUT2D eigenvalue weighted by molar-refractivity contribution is 0.297. The highest BCUT2D eigenvalue weighted by molar-refractivity contribution is 6.32. The lowest BCUT2D eigenvalue weighted by Crippen LogP contribution is -2.14. The maximum atomic E-state index is 6.29. The number of hydrogen-bond acceptors (Lipinski definition) is 3. The summed E-state index contributed by atoms with van der Waals surface area (Å²) in [5.41, 5.74) is 2.17. The molecule has 20 heavy (non-hydrogen) atoms. The summed E-state index contributed by atoms with van der Waals surface area (Å²) in [6.45, 7) is 10.3. The molecular weight excluding hydrogens is 274 g/mol. The molecule has 3 nitrogen and oxygen atoms in total. The number of hydrogen-bond donors (Lipinski definition) is 1. The van der Waals surface area contributed by atoms with Crippen LogP contribution in [-0.4, -0.2) is 20.3 Å². The molecule has 0 aliphatic heterocycles. The molecule has 0 aliphatic rings. The fourth-order valence-electron chi connectivity index (χ4n) is 1.75. The summed E-state index contributed by atoms with van der Waals surface area (Å²) in [7, 11) is 1.63. The lowest BCUT2D eigenvalue weighted by atomic mass is 10.2. The van der Waals surface area contributed by atoms with E-state index in [-0.39, 0.29) is 0 Å². The van der Waals surface area contributed by atoms with E-state index in [1.165, 1.54) is 0 Å². The Morgan fingerprint density at radius 3 is 2.75 bits per heavy atom. The van der Waals surface area contributed by atoms with Crippen LogP contribution in [0.1, 0.15) is 32.3 Å². The van der Waals surface area contributed by atoms with E-state index in [0.717, 1.165) is 37.1 Å². The molecule has 0 fully saturated rings. The molecule has 0 saturated heterocycles. The van der Waals surface area contributed by atoms with Gasteiger partial charge in [0.25, 0.3) is 0 Å². The Bertz CT molecular complexity index is 446. The molecule has 112 valence electrons. The molecule has 0 amide bonds. The molecule has 0 atom stereocenters. The maximum absolute atomic E-state index is 6.29. The predicted octanol–water partition coefficient (Wildman–Crippen LogP) is 4.19. The van der Waals surface area contributed by atoms with Crippen LogP contribution >= 0.6 is 11.6 Å². The van der Waals surface area contributed by atoms with Crippen molar-refractivity contribution in [1.29, 1.82) is 0 Å². The normalized spacial score (nSPS) is 10.4. The Kier molecular flexibility index (Phi) is 7.48. The van der Waals surface area contributed by atoms with Crippen molar-refractivity contribution < 1.29 is 9.47 Å². The van der Waals surface area contributed by atoms with Gasteiger partial charge in [-0.25, -0.2) is 0 Å². The number of ether oxygens (including phenoxy) is 2. The van der Waals surface area contributed by atoms with Gasteiger partial charge >= 0.3 is 0 Å². The van der Waals surface area contributed by atoms with Gasteiger partial charge in [0.15, 0.2) is 11.5 Å². The number of nitrogens with one attached hydrogen (secondary N) is 1. The first kappa shape index (κ1) is 16.9. The smallest absolute Gasteiger partial charge is 0.179 e. The third kappa shape index (κ3) is 5.43. The minimum atomic E-state index is 0.554. The quantitative estimate of drug-likeness (QED) is 0.547. The topological polar surface area (TPSA) is 30.5 Å². The second-order valence-corrected chi connectivity index (χ2v) is 5.25. The zero-order valence-corrected chi connectivity index (χ0v) is 13.3. The van der Waals surface area contributed by atoms with Crippen LogP contribution in [0.4, 0.5) is 0 Å². The van der Waals surface area contributed by atoms with E-state index in [2.05, 4.69) is 18.8 Å². The van der Waals surface area contributed by atoms with Gasteiger partial charge in [0.1, 0.15) is 0 Å². The molecule has 0 aromatic heterocycles. The van der Waals surface area contributed by atoms with E-state index in [9.17, 15) is 0 Å². The zero-order chi connectivity index (χ0) is 15.0. The Balaban J connectivity index is 2.76. The summed E-state index contributed by atoms with van der Waals surface area (Å²) in [5.74, 6) is 1.28. The molecule has 0 unspecified atom stereocenters. The fraction of sp³-hybridized carbons (Fsp3) is 0.500. The average molecular weight is 298 g/mol. The van der Waals surface area contributed by atoms with Crippen LogP contribution in [0.5, 0.6) is 11.5 Å². The first-order valence-electron chi connectivity index (χ1n) is 6.92. The molecule has 1 N–H and O–H groups in total. The van der Waals surface area contributed by atoms with Crippen molar-refractivity contribution in [2.75, 3.05) is 20.3 Å². The van der Waals surface area contributed by atoms with Gasteiger partial charge in [-0.05, 0) is 37.6 Å². The number of halogens is 1. The fourth-order valence-corrected chi connectivity index (χ4v) is 2.04. The lowest BCUT2D eigenvalue weighted by Gasteiger charge is -2.14. The third-order valence-electron chi connectivity index (χ3n) is 2.82. The SMILES string of the molecule is C=C(C)CCOc1c(Cl)cc(CNCCC)cc1OC. The van der Waals surface area contributed by atoms with Crippen LogP contribution in [0.15, 0.2) is 24.3 Å². The van der Waals surface area contributed by atoms with E-state index >= 15 is 0 Å². The van der Waals surface area contributed by atoms with Gasteiger partial charge in [-0.3, -0.25) is 0 Å². The minimum Gasteiger partial charge on any atom is -0.493 e. The number of benzene rings is 1. The Morgan fingerprint density at radius 1 is 1.40 bits per heavy atom. The van der Waals surface area contributed by atoms with E-state index in [4.69, 9.17) is 21.1 Å². The molecule has 0 spiro atoms. The molecule has 0 radical (unpaired) electrons. The van der Waals surface area contributed by atoms with Crippen LogP contribution in [0.3, 0.4) is 0 Å². The van der Waals surface area contributed by atoms with Crippen molar-refractivity contribution in [2.45, 2.75) is 33.2 Å². The number of rotatable bonds is 9. The molecule has 1 rings (SSSR count). The molecule has 1 aromatic carbocycles. The van der Waals surface area contributed by atoms with Crippen molar-refractivity contribution >= 4 is 11.6 Å². The molecule has 0 aliphatic carbocycles. The summed E-state index contributed by atoms with van der Waals surface area (Å²) in [6.07, 6.45) is 1.91. The van der Waals surface area contributed by atoms with Gasteiger partial charge in [-0.1, -0.05) is 24.1 Å². The standard InChI is InChI=1S/C16H24ClNO2/c1-5-7-18-11-13-9-14(17)16(15(10-13)19-4)20-8-6-12(2)3/h9-10,18H,2,5-8,11H2,1,3-4H3. The van der Waals surface area contributed by atoms with Crippen LogP contribution in [0.25, 0.3) is 0 Å². The Hall–Kier alpha value is -1.19. The van der Waals surface area contributed by atoms with E-state index in [1.54, 1.807) is 7.11 Å². The second-order valence-electron chi connectivity index (χ2n) is 4.84. The van der Waals surface area contributed by atoms with Gasteiger partial charge in [-0.2, -0.15) is 0 Å². The molecule has 4 heteroatoms. The number of methoxy groups -OCH3 is 1. The summed E-state index contributed by atoms with van der Waals surface area (Å²) >= 11 is 6.29. The van der Waals surface area contributed by atoms with E-state index < -0.39 is 0 Å². The van der Waals surface area contributed by atoms with Crippen molar-refractivity contribution in [3.05, 3.63) is 34.9 Å². The van der Waals surface area contributed by atoms with Gasteiger partial charge in [0, 0.05) is 13.0 Å². The molecule has 0 bridgehead atoms. The Morgan fingerprint density at radius 2 is 2.15 bits per heavy atom. The van der Waals surface area contributed by atoms with Crippen molar-refractivity contribution in [3.63, 3.8) is 0 Å². The summed E-state index contributed by atoms with van der Waals surface area (Å²) in [4.78, 5) is 0. The predicted molar refractivity (Wildman–Crippen MR) is 84.9 cm³/mol. The van der Waals surface area contributed by atoms with Gasteiger partial charge < -0.3 is 14.8 Å². The van der Waals surface area contributed by atoms with Crippen molar-refractivity contribution in [3.8, 4) is 11.5 Å². The first-order chi connectivity index (χ1) is 9.58. The summed E-state index contributed by atoms with van der Waals surface area (Å²) in [5, 5.41) is 3.92. The molecule has 0 heterocycles. The van der Waals surface area contributed by atoms with Gasteiger partial charge in [-0.15, -0.1) is 6.58 Å². The van der Waals surface area contributed by atoms with Crippen LogP contribution in [-0.2, 0) is 6.54 Å². The highest BCUT2D eigenvalue weighted by Gasteiger charge is 2.12. The third-order valence-corrected chi connectivity index (χ3v) is 3.10. The van der Waals surface area contributed by atoms with E-state index in [1.807, 2.05) is 19.1 Å².